The van der Waals surface area contributed by atoms with Gasteiger partial charge in [-0.05, 0) is 18.2 Å². The van der Waals surface area contributed by atoms with Crippen molar-refractivity contribution in [1.82, 2.24) is 4.90 Å². The number of aliphatic hydroxyl groups is 1. The van der Waals surface area contributed by atoms with E-state index in [4.69, 9.17) is 4.74 Å². The molecule has 74 valence electrons. The summed E-state index contributed by atoms with van der Waals surface area (Å²) in [5, 5.41) is 9.73. The summed E-state index contributed by atoms with van der Waals surface area (Å²) >= 11 is 3.28. The first-order valence-electron chi connectivity index (χ1n) is 4.02. The van der Waals surface area contributed by atoms with E-state index >= 15 is 0 Å². The normalized spacial score (nSPS) is 20.4. The molecule has 0 aromatic heterocycles. The molecule has 0 radical (unpaired) electrons. The van der Waals surface area contributed by atoms with Crippen LogP contribution in [0.15, 0.2) is 22.7 Å². The van der Waals surface area contributed by atoms with Crippen molar-refractivity contribution in [1.29, 1.82) is 0 Å². The molecule has 1 heterocycles. The second-order valence-corrected chi connectivity index (χ2v) is 3.95. The van der Waals surface area contributed by atoms with Crippen LogP contribution in [0.3, 0.4) is 0 Å². The van der Waals surface area contributed by atoms with Gasteiger partial charge in [0.25, 0.3) is 0 Å². The molecular formula is C9H8BrNO3. The van der Waals surface area contributed by atoms with Crippen LogP contribution in [0.4, 0.5) is 4.79 Å². The van der Waals surface area contributed by atoms with E-state index in [1.807, 2.05) is 0 Å². The second kappa shape index (κ2) is 3.25. The van der Waals surface area contributed by atoms with E-state index in [1.165, 1.54) is 7.05 Å². The molecule has 0 bridgehead atoms. The van der Waals surface area contributed by atoms with Crippen LogP contribution in [0.25, 0.3) is 0 Å². The SMILES string of the molecule is CN1C(=O)Oc2ccc(Br)cc2[C@H]1O. The summed E-state index contributed by atoms with van der Waals surface area (Å²) in [7, 11) is 1.48. The number of benzene rings is 1. The van der Waals surface area contributed by atoms with Crippen molar-refractivity contribution in [3.63, 3.8) is 0 Å². The molecule has 1 aromatic rings. The first-order chi connectivity index (χ1) is 6.59. The molecule has 0 fully saturated rings. The zero-order chi connectivity index (χ0) is 10.3. The van der Waals surface area contributed by atoms with Crippen LogP contribution in [0, 0.1) is 0 Å². The minimum absolute atomic E-state index is 0.406. The smallest absolute Gasteiger partial charge is 0.410 e. The van der Waals surface area contributed by atoms with Crippen LogP contribution in [-0.2, 0) is 0 Å². The van der Waals surface area contributed by atoms with Crippen molar-refractivity contribution < 1.29 is 14.6 Å². The van der Waals surface area contributed by atoms with Crippen LogP contribution < -0.4 is 4.74 Å². The van der Waals surface area contributed by atoms with Crippen molar-refractivity contribution in [3.8, 4) is 5.75 Å². The molecule has 1 aromatic carbocycles. The van der Waals surface area contributed by atoms with Gasteiger partial charge in [-0.2, -0.15) is 0 Å². The highest BCUT2D eigenvalue weighted by molar-refractivity contribution is 9.10. The summed E-state index contributed by atoms with van der Waals surface area (Å²) in [6, 6.07) is 5.13. The molecule has 1 N–H and O–H groups in total. The highest BCUT2D eigenvalue weighted by atomic mass is 79.9. The van der Waals surface area contributed by atoms with Gasteiger partial charge in [0, 0.05) is 17.1 Å². The summed E-state index contributed by atoms with van der Waals surface area (Å²) in [4.78, 5) is 12.3. The Morgan fingerprint density at radius 3 is 3.00 bits per heavy atom. The lowest BCUT2D eigenvalue weighted by atomic mass is 10.1. The lowest BCUT2D eigenvalue weighted by Gasteiger charge is -2.29. The largest absolute Gasteiger partial charge is 0.417 e. The van der Waals surface area contributed by atoms with Crippen LogP contribution in [0.1, 0.15) is 11.8 Å². The number of carbonyl (C=O) groups is 1. The molecule has 0 spiro atoms. The van der Waals surface area contributed by atoms with Gasteiger partial charge < -0.3 is 9.84 Å². The Bertz CT molecular complexity index is 394. The number of fused-ring (bicyclic) bond motifs is 1. The van der Waals surface area contributed by atoms with Gasteiger partial charge in [0.1, 0.15) is 5.75 Å². The number of hydrogen-bond acceptors (Lipinski definition) is 3. The summed E-state index contributed by atoms with van der Waals surface area (Å²) in [6.07, 6.45) is -1.49. The van der Waals surface area contributed by atoms with E-state index in [0.29, 0.717) is 11.3 Å². The zero-order valence-corrected chi connectivity index (χ0v) is 8.98. The Labute approximate surface area is 89.2 Å². The van der Waals surface area contributed by atoms with Gasteiger partial charge in [0.2, 0.25) is 0 Å². The number of halogens is 1. The Balaban J connectivity index is 2.51. The number of amides is 1. The maximum atomic E-state index is 11.2. The monoisotopic (exact) mass is 257 g/mol. The highest BCUT2D eigenvalue weighted by Crippen LogP contribution is 2.34. The van der Waals surface area contributed by atoms with Crippen LogP contribution in [-0.4, -0.2) is 23.1 Å². The van der Waals surface area contributed by atoms with E-state index in [1.54, 1.807) is 18.2 Å². The second-order valence-electron chi connectivity index (χ2n) is 3.03. The Hall–Kier alpha value is -1.07. The maximum Gasteiger partial charge on any atom is 0.417 e. The topological polar surface area (TPSA) is 49.8 Å². The van der Waals surface area contributed by atoms with E-state index in [-0.39, 0.29) is 0 Å². The quantitative estimate of drug-likeness (QED) is 0.773. The van der Waals surface area contributed by atoms with Crippen molar-refractivity contribution in [2.45, 2.75) is 6.23 Å². The molecule has 5 heteroatoms. The fourth-order valence-electron chi connectivity index (χ4n) is 1.29. The van der Waals surface area contributed by atoms with Crippen molar-refractivity contribution >= 4 is 22.0 Å². The molecular weight excluding hydrogens is 250 g/mol. The Morgan fingerprint density at radius 2 is 2.29 bits per heavy atom. The molecule has 0 aliphatic carbocycles. The van der Waals surface area contributed by atoms with E-state index in [2.05, 4.69) is 15.9 Å². The van der Waals surface area contributed by atoms with E-state index in [9.17, 15) is 9.90 Å². The average Bonchev–Trinajstić information content (AvgIpc) is 2.16. The molecule has 0 unspecified atom stereocenters. The lowest BCUT2D eigenvalue weighted by Crippen LogP contribution is -2.37. The number of ether oxygens (including phenoxy) is 1. The summed E-state index contributed by atoms with van der Waals surface area (Å²) < 4.78 is 5.81. The molecule has 14 heavy (non-hydrogen) atoms. The van der Waals surface area contributed by atoms with E-state index in [0.717, 1.165) is 9.37 Å². The third kappa shape index (κ3) is 1.38. The molecule has 0 saturated heterocycles. The fourth-order valence-corrected chi connectivity index (χ4v) is 1.67. The van der Waals surface area contributed by atoms with E-state index < -0.39 is 12.3 Å². The minimum atomic E-state index is -0.941. The van der Waals surface area contributed by atoms with Gasteiger partial charge in [-0.1, -0.05) is 15.9 Å². The predicted molar refractivity (Wildman–Crippen MR) is 52.9 cm³/mol. The third-order valence-electron chi connectivity index (χ3n) is 2.10. The number of aliphatic hydroxyl groups excluding tert-OH is 1. The summed E-state index contributed by atoms with van der Waals surface area (Å²) in [5.41, 5.74) is 0.585. The highest BCUT2D eigenvalue weighted by Gasteiger charge is 2.29. The number of nitrogens with zero attached hydrogens (tertiary/aromatic N) is 1. The van der Waals surface area contributed by atoms with Gasteiger partial charge in [-0.3, -0.25) is 4.90 Å². The molecule has 0 saturated carbocycles. The minimum Gasteiger partial charge on any atom is -0.410 e. The first kappa shape index (κ1) is 9.48. The summed E-state index contributed by atoms with van der Waals surface area (Å²) in [5.74, 6) is 0.406. The van der Waals surface area contributed by atoms with Crippen molar-refractivity contribution in [2.75, 3.05) is 7.05 Å². The lowest BCUT2D eigenvalue weighted by molar-refractivity contribution is 0.0147. The van der Waals surface area contributed by atoms with Crippen molar-refractivity contribution in [2.24, 2.45) is 0 Å². The molecule has 2 rings (SSSR count). The first-order valence-corrected chi connectivity index (χ1v) is 4.81. The molecule has 1 amide bonds. The predicted octanol–water partition coefficient (Wildman–Crippen LogP) is 1.88. The standard InChI is InChI=1S/C9H8BrNO3/c1-11-8(12)6-4-5(10)2-3-7(6)14-9(11)13/h2-4,8,12H,1H3/t8-/m1/s1. The van der Waals surface area contributed by atoms with Crippen LogP contribution in [0.5, 0.6) is 5.75 Å². The number of carbonyl (C=O) groups excluding carboxylic acids is 1. The third-order valence-corrected chi connectivity index (χ3v) is 2.60. The Morgan fingerprint density at radius 1 is 1.57 bits per heavy atom. The van der Waals surface area contributed by atoms with Gasteiger partial charge in [-0.25, -0.2) is 4.79 Å². The van der Waals surface area contributed by atoms with Gasteiger partial charge in [-0.15, -0.1) is 0 Å². The van der Waals surface area contributed by atoms with Gasteiger partial charge >= 0.3 is 6.09 Å². The van der Waals surface area contributed by atoms with Crippen LogP contribution in [0.2, 0.25) is 0 Å². The number of hydrogen-bond donors (Lipinski definition) is 1. The zero-order valence-electron chi connectivity index (χ0n) is 7.40. The van der Waals surface area contributed by atoms with Crippen molar-refractivity contribution in [3.05, 3.63) is 28.2 Å². The maximum absolute atomic E-state index is 11.2. The van der Waals surface area contributed by atoms with Crippen LogP contribution >= 0.6 is 15.9 Å². The summed E-state index contributed by atoms with van der Waals surface area (Å²) in [6.45, 7) is 0. The molecule has 4 nitrogen and oxygen atoms in total. The number of rotatable bonds is 0. The average molecular weight is 258 g/mol. The molecule has 1 atom stereocenters. The Kier molecular flexibility index (Phi) is 2.20. The fraction of sp³-hybridized carbons (Fsp3) is 0.222. The van der Waals surface area contributed by atoms with Gasteiger partial charge in [0.15, 0.2) is 6.23 Å². The molecule has 1 aliphatic rings. The van der Waals surface area contributed by atoms with Gasteiger partial charge in [0.05, 0.1) is 0 Å². The molecule has 1 aliphatic heterocycles.